The fraction of sp³-hybridized carbons (Fsp3) is 0.500. The van der Waals surface area contributed by atoms with Crippen molar-refractivity contribution in [3.63, 3.8) is 0 Å². The average Bonchev–Trinajstić information content (AvgIpc) is 2.74. The van der Waals surface area contributed by atoms with Crippen LogP contribution in [0.4, 0.5) is 0 Å². The van der Waals surface area contributed by atoms with Crippen LogP contribution in [0.1, 0.15) is 58.2 Å². The summed E-state index contributed by atoms with van der Waals surface area (Å²) in [6, 6.07) is 3.98. The second-order valence-corrected chi connectivity index (χ2v) is 8.78. The number of nitrogens with one attached hydrogen (secondary N) is 1. The highest BCUT2D eigenvalue weighted by molar-refractivity contribution is 8.04. The minimum Gasteiger partial charge on any atom is -0.507 e. The summed E-state index contributed by atoms with van der Waals surface area (Å²) in [6.45, 7) is 12.5. The van der Waals surface area contributed by atoms with E-state index in [4.69, 9.17) is 0 Å². The second-order valence-electron chi connectivity index (χ2n) is 7.77. The van der Waals surface area contributed by atoms with Gasteiger partial charge in [0.2, 0.25) is 0 Å². The van der Waals surface area contributed by atoms with Crippen molar-refractivity contribution in [1.29, 1.82) is 0 Å². The molecular weight excluding hydrogens is 294 g/mol. The molecule has 2 N–H and O–H groups in total. The summed E-state index contributed by atoms with van der Waals surface area (Å²) in [7, 11) is 0. The molecule has 0 bridgehead atoms. The zero-order chi connectivity index (χ0) is 16.7. The van der Waals surface area contributed by atoms with Crippen LogP contribution >= 0.6 is 11.8 Å². The highest BCUT2D eigenvalue weighted by Gasteiger charge is 2.26. The van der Waals surface area contributed by atoms with Gasteiger partial charge in [-0.15, -0.1) is 0 Å². The molecule has 1 aromatic rings. The number of rotatable bonds is 1. The molecule has 22 heavy (non-hydrogen) atoms. The van der Waals surface area contributed by atoms with Gasteiger partial charge in [-0.1, -0.05) is 53.3 Å². The molecule has 0 spiro atoms. The van der Waals surface area contributed by atoms with Gasteiger partial charge in [0.05, 0.1) is 10.8 Å². The van der Waals surface area contributed by atoms with Crippen molar-refractivity contribution >= 4 is 23.7 Å². The van der Waals surface area contributed by atoms with Crippen LogP contribution in [0.5, 0.6) is 5.75 Å². The van der Waals surface area contributed by atoms with Gasteiger partial charge in [0, 0.05) is 11.1 Å². The molecule has 1 saturated heterocycles. The average molecular weight is 319 g/mol. The third kappa shape index (κ3) is 3.49. The molecule has 0 aliphatic carbocycles. The molecule has 3 nitrogen and oxygen atoms in total. The van der Waals surface area contributed by atoms with Gasteiger partial charge in [-0.25, -0.2) is 0 Å². The molecule has 120 valence electrons. The molecule has 1 amide bonds. The maximum absolute atomic E-state index is 11.8. The summed E-state index contributed by atoms with van der Waals surface area (Å²) in [5, 5.41) is 13.5. The summed E-state index contributed by atoms with van der Waals surface area (Å²) in [5.41, 5.74) is 2.46. The summed E-state index contributed by atoms with van der Waals surface area (Å²) in [4.78, 5) is 12.5. The first-order valence-corrected chi connectivity index (χ1v) is 8.49. The molecule has 1 aromatic carbocycles. The van der Waals surface area contributed by atoms with E-state index in [0.29, 0.717) is 11.6 Å². The highest BCUT2D eigenvalue weighted by atomic mass is 32.2. The molecule has 2 rings (SSSR count). The van der Waals surface area contributed by atoms with E-state index in [-0.39, 0.29) is 16.7 Å². The lowest BCUT2D eigenvalue weighted by molar-refractivity contribution is -0.116. The van der Waals surface area contributed by atoms with Gasteiger partial charge in [-0.05, 0) is 34.6 Å². The number of hydrogen-bond acceptors (Lipinski definition) is 3. The number of hydrogen-bond donors (Lipinski definition) is 2. The Balaban J connectivity index is 2.63. The van der Waals surface area contributed by atoms with Crippen LogP contribution in [-0.2, 0) is 15.6 Å². The number of thioether (sulfide) groups is 1. The fourth-order valence-electron chi connectivity index (χ4n) is 2.47. The highest BCUT2D eigenvalue weighted by Crippen LogP contribution is 2.40. The normalized spacial score (nSPS) is 17.9. The summed E-state index contributed by atoms with van der Waals surface area (Å²) in [5.74, 6) is 0.972. The number of carbonyl (C=O) groups excluding carboxylic acids is 1. The Morgan fingerprint density at radius 1 is 1.09 bits per heavy atom. The van der Waals surface area contributed by atoms with Crippen molar-refractivity contribution in [2.75, 3.05) is 5.88 Å². The molecular formula is C18H25NO2S. The molecule has 1 heterocycles. The first-order chi connectivity index (χ1) is 10.00. The predicted molar refractivity (Wildman–Crippen MR) is 94.1 cm³/mol. The van der Waals surface area contributed by atoms with E-state index in [9.17, 15) is 9.90 Å². The number of carbonyl (C=O) groups is 1. The van der Waals surface area contributed by atoms with Crippen molar-refractivity contribution < 1.29 is 9.90 Å². The molecule has 1 aliphatic heterocycles. The van der Waals surface area contributed by atoms with Gasteiger partial charge in [-0.3, -0.25) is 4.79 Å². The fourth-order valence-corrected chi connectivity index (χ4v) is 3.26. The molecule has 4 heteroatoms. The number of benzene rings is 1. The Kier molecular flexibility index (Phi) is 4.35. The van der Waals surface area contributed by atoms with Gasteiger partial charge in [-0.2, -0.15) is 0 Å². The zero-order valence-electron chi connectivity index (χ0n) is 14.2. The smallest absolute Gasteiger partial charge is 0.258 e. The van der Waals surface area contributed by atoms with E-state index >= 15 is 0 Å². The van der Waals surface area contributed by atoms with Crippen LogP contribution in [0.2, 0.25) is 0 Å². The Morgan fingerprint density at radius 2 is 1.59 bits per heavy atom. The van der Waals surface area contributed by atoms with Crippen LogP contribution in [0, 0.1) is 0 Å². The maximum Gasteiger partial charge on any atom is 0.258 e. The van der Waals surface area contributed by atoms with Crippen molar-refractivity contribution in [3.05, 3.63) is 33.7 Å². The third-order valence-corrected chi connectivity index (χ3v) is 4.63. The quantitative estimate of drug-likeness (QED) is 0.765. The van der Waals surface area contributed by atoms with E-state index in [1.54, 1.807) is 0 Å². The molecule has 0 aromatic heterocycles. The van der Waals surface area contributed by atoms with Gasteiger partial charge >= 0.3 is 0 Å². The minimum absolute atomic E-state index is 0.0207. The predicted octanol–water partition coefficient (Wildman–Crippen LogP) is 4.15. The lowest BCUT2D eigenvalue weighted by Gasteiger charge is -2.28. The van der Waals surface area contributed by atoms with E-state index in [0.717, 1.165) is 21.6 Å². The van der Waals surface area contributed by atoms with E-state index in [2.05, 4.69) is 46.9 Å². The monoisotopic (exact) mass is 319 g/mol. The molecule has 0 radical (unpaired) electrons. The Hall–Kier alpha value is -1.42. The lowest BCUT2D eigenvalue weighted by atomic mass is 9.78. The number of aromatic hydroxyl groups is 1. The van der Waals surface area contributed by atoms with Crippen molar-refractivity contribution in [2.24, 2.45) is 0 Å². The van der Waals surface area contributed by atoms with Gasteiger partial charge in [0.25, 0.3) is 5.91 Å². The van der Waals surface area contributed by atoms with Gasteiger partial charge < -0.3 is 10.4 Å². The first-order valence-electron chi connectivity index (χ1n) is 7.51. The van der Waals surface area contributed by atoms with Crippen molar-refractivity contribution in [3.8, 4) is 5.75 Å². The zero-order valence-corrected chi connectivity index (χ0v) is 15.0. The van der Waals surface area contributed by atoms with Crippen molar-refractivity contribution in [2.45, 2.75) is 52.4 Å². The molecule has 0 atom stereocenters. The van der Waals surface area contributed by atoms with E-state index in [1.165, 1.54) is 11.8 Å². The maximum atomic E-state index is 11.8. The van der Waals surface area contributed by atoms with E-state index in [1.807, 2.05) is 18.2 Å². The third-order valence-electron chi connectivity index (χ3n) is 3.73. The largest absolute Gasteiger partial charge is 0.507 e. The van der Waals surface area contributed by atoms with Crippen LogP contribution in [0.15, 0.2) is 17.0 Å². The Labute approximate surface area is 137 Å². The minimum atomic E-state index is -0.163. The van der Waals surface area contributed by atoms with E-state index < -0.39 is 0 Å². The van der Waals surface area contributed by atoms with Crippen LogP contribution in [0.3, 0.4) is 0 Å². The summed E-state index contributed by atoms with van der Waals surface area (Å²) in [6.07, 6.45) is 1.91. The standard InChI is InChI=1S/C18H25NO2S/c1-17(2,3)12-7-11(9-14-16(21)19-10-22-14)8-13(15(12)20)18(4,5)6/h7-9,20H,10H2,1-6H3,(H,19,21)/b14-9+. The van der Waals surface area contributed by atoms with Crippen LogP contribution in [0.25, 0.3) is 6.08 Å². The molecule has 1 aliphatic rings. The first kappa shape index (κ1) is 16.9. The van der Waals surface area contributed by atoms with Crippen molar-refractivity contribution in [1.82, 2.24) is 5.32 Å². The molecule has 1 fully saturated rings. The number of phenols is 1. The summed E-state index contributed by atoms with van der Waals surface area (Å²) >= 11 is 1.51. The Morgan fingerprint density at radius 3 is 1.95 bits per heavy atom. The lowest BCUT2D eigenvalue weighted by Crippen LogP contribution is -2.17. The van der Waals surface area contributed by atoms with Gasteiger partial charge in [0.15, 0.2) is 0 Å². The molecule has 0 unspecified atom stereocenters. The van der Waals surface area contributed by atoms with Crippen LogP contribution in [-0.4, -0.2) is 16.9 Å². The topological polar surface area (TPSA) is 49.3 Å². The van der Waals surface area contributed by atoms with Crippen LogP contribution < -0.4 is 5.32 Å². The SMILES string of the molecule is CC(C)(C)c1cc(/C=C2/SCNC2=O)cc(C(C)(C)C)c1O. The second kappa shape index (κ2) is 5.65. The number of amides is 1. The summed E-state index contributed by atoms with van der Waals surface area (Å²) < 4.78 is 0. The van der Waals surface area contributed by atoms with Gasteiger partial charge in [0.1, 0.15) is 5.75 Å². The molecule has 0 saturated carbocycles. The Bertz CT molecular complexity index is 598. The number of phenolic OH excluding ortho intramolecular Hbond substituents is 1.